The van der Waals surface area contributed by atoms with Gasteiger partial charge in [0.05, 0.1) is 12.2 Å². The van der Waals surface area contributed by atoms with Crippen molar-refractivity contribution in [3.05, 3.63) is 18.0 Å². The van der Waals surface area contributed by atoms with Gasteiger partial charge in [-0.15, -0.1) is 0 Å². The van der Waals surface area contributed by atoms with Gasteiger partial charge in [-0.2, -0.15) is 5.10 Å². The summed E-state index contributed by atoms with van der Waals surface area (Å²) in [6, 6.07) is 0.631. The molecule has 0 atom stereocenters. The van der Waals surface area contributed by atoms with E-state index < -0.39 is 0 Å². The van der Waals surface area contributed by atoms with Gasteiger partial charge < -0.3 is 4.90 Å². The number of hydrogen-bond donors (Lipinski definition) is 0. The van der Waals surface area contributed by atoms with E-state index in [1.165, 1.54) is 76.6 Å². The first-order chi connectivity index (χ1) is 11.3. The van der Waals surface area contributed by atoms with Crippen molar-refractivity contribution >= 4 is 0 Å². The minimum absolute atomic E-state index is 0.631. The summed E-state index contributed by atoms with van der Waals surface area (Å²) in [6.07, 6.45) is 16.3. The van der Waals surface area contributed by atoms with Crippen LogP contribution in [0, 0.1) is 0 Å². The second-order valence-corrected chi connectivity index (χ2v) is 6.52. The van der Waals surface area contributed by atoms with Crippen LogP contribution >= 0.6 is 0 Å². The molecule has 1 aliphatic rings. The quantitative estimate of drug-likeness (QED) is 0.562. The minimum Gasteiger partial charge on any atom is -0.303 e. The van der Waals surface area contributed by atoms with Crippen LogP contribution in [0.5, 0.6) is 0 Å². The first-order valence-electron chi connectivity index (χ1n) is 10.1. The zero-order valence-corrected chi connectivity index (χ0v) is 16.1. The lowest BCUT2D eigenvalue weighted by Gasteiger charge is -2.32. The monoisotopic (exact) mass is 321 g/mol. The first-order valence-corrected chi connectivity index (χ1v) is 10.1. The van der Waals surface area contributed by atoms with Gasteiger partial charge in [0.25, 0.3) is 0 Å². The Kier molecular flexibility index (Phi) is 11.1. The molecule has 0 amide bonds. The molecule has 0 N–H and O–H groups in total. The van der Waals surface area contributed by atoms with E-state index in [4.69, 9.17) is 0 Å². The van der Waals surface area contributed by atoms with Crippen molar-refractivity contribution in [3.8, 4) is 0 Å². The molecule has 0 aliphatic carbocycles. The summed E-state index contributed by atoms with van der Waals surface area (Å²) in [6.45, 7) is 12.3. The zero-order valence-electron chi connectivity index (χ0n) is 16.1. The van der Waals surface area contributed by atoms with Gasteiger partial charge in [-0.3, -0.25) is 4.68 Å². The number of likely N-dealkylation sites (tertiary alicyclic amines) is 1. The molecule has 0 bridgehead atoms. The van der Waals surface area contributed by atoms with Crippen LogP contribution in [0.4, 0.5) is 0 Å². The summed E-state index contributed by atoms with van der Waals surface area (Å²) in [4.78, 5) is 2.65. The van der Waals surface area contributed by atoms with E-state index >= 15 is 0 Å². The maximum absolute atomic E-state index is 4.54. The average molecular weight is 322 g/mol. The van der Waals surface area contributed by atoms with Gasteiger partial charge in [0.15, 0.2) is 0 Å². The van der Waals surface area contributed by atoms with Crippen molar-refractivity contribution in [2.75, 3.05) is 19.6 Å². The third-order valence-electron chi connectivity index (χ3n) is 4.82. The number of piperidine rings is 1. The van der Waals surface area contributed by atoms with Crippen LogP contribution in [0.2, 0.25) is 0 Å². The third-order valence-corrected chi connectivity index (χ3v) is 4.82. The molecule has 2 heterocycles. The molecule has 0 saturated carbocycles. The van der Waals surface area contributed by atoms with E-state index in [9.17, 15) is 0 Å². The Bertz CT molecular complexity index is 378. The largest absolute Gasteiger partial charge is 0.303 e. The van der Waals surface area contributed by atoms with Gasteiger partial charge >= 0.3 is 0 Å². The molecule has 1 fully saturated rings. The Morgan fingerprint density at radius 1 is 1.00 bits per heavy atom. The smallest absolute Gasteiger partial charge is 0.0543 e. The minimum atomic E-state index is 0.631. The van der Waals surface area contributed by atoms with E-state index in [1.54, 1.807) is 0 Å². The van der Waals surface area contributed by atoms with Gasteiger partial charge in [0.2, 0.25) is 0 Å². The van der Waals surface area contributed by atoms with Crippen molar-refractivity contribution < 1.29 is 0 Å². The van der Waals surface area contributed by atoms with E-state index in [0.29, 0.717) is 6.04 Å². The summed E-state index contributed by atoms with van der Waals surface area (Å²) >= 11 is 0. The van der Waals surface area contributed by atoms with E-state index in [2.05, 4.69) is 34.7 Å². The average Bonchev–Trinajstić information content (AvgIpc) is 3.09. The Morgan fingerprint density at radius 3 is 2.26 bits per heavy atom. The Balaban J connectivity index is 0.00000127. The Hall–Kier alpha value is -0.830. The van der Waals surface area contributed by atoms with Gasteiger partial charge in [-0.1, -0.05) is 59.8 Å². The second kappa shape index (κ2) is 12.6. The van der Waals surface area contributed by atoms with E-state index in [1.807, 2.05) is 20.0 Å². The number of hydrogen-bond acceptors (Lipinski definition) is 2. The molecule has 2 rings (SSSR count). The highest BCUT2D eigenvalue weighted by Crippen LogP contribution is 2.22. The predicted octanol–water partition coefficient (Wildman–Crippen LogP) is 5.47. The number of unbranched alkanes of at least 4 members (excludes halogenated alkanes) is 5. The fourth-order valence-corrected chi connectivity index (χ4v) is 3.28. The van der Waals surface area contributed by atoms with Crippen LogP contribution < -0.4 is 0 Å². The normalized spacial score (nSPS) is 16.2. The van der Waals surface area contributed by atoms with E-state index in [-0.39, 0.29) is 0 Å². The molecule has 0 unspecified atom stereocenters. The van der Waals surface area contributed by atoms with Gasteiger partial charge in [-0.05, 0) is 37.8 Å². The van der Waals surface area contributed by atoms with Crippen molar-refractivity contribution in [2.45, 2.75) is 91.5 Å². The van der Waals surface area contributed by atoms with Crippen LogP contribution in [0.3, 0.4) is 0 Å². The van der Waals surface area contributed by atoms with Crippen LogP contribution in [-0.4, -0.2) is 34.3 Å². The topological polar surface area (TPSA) is 21.1 Å². The molecule has 0 aromatic carbocycles. The van der Waals surface area contributed by atoms with Crippen molar-refractivity contribution in [1.29, 1.82) is 0 Å². The summed E-state index contributed by atoms with van der Waals surface area (Å²) in [5.41, 5.74) is 1.37. The predicted molar refractivity (Wildman–Crippen MR) is 101 cm³/mol. The Morgan fingerprint density at radius 2 is 1.65 bits per heavy atom. The highest BCUT2D eigenvalue weighted by Gasteiger charge is 2.20. The zero-order chi connectivity index (χ0) is 16.9. The van der Waals surface area contributed by atoms with Crippen LogP contribution in [-0.2, 0) is 6.42 Å². The fraction of sp³-hybridized carbons (Fsp3) is 0.850. The lowest BCUT2D eigenvalue weighted by molar-refractivity contribution is 0.177. The molecule has 1 aromatic heterocycles. The first kappa shape index (κ1) is 20.2. The summed E-state index contributed by atoms with van der Waals surface area (Å²) < 4.78 is 2.21. The molecule has 134 valence electrons. The molecule has 0 spiro atoms. The molecule has 23 heavy (non-hydrogen) atoms. The number of rotatable bonds is 9. The molecule has 3 nitrogen and oxygen atoms in total. The molecule has 1 aromatic rings. The molecule has 0 radical (unpaired) electrons. The van der Waals surface area contributed by atoms with Gasteiger partial charge in [-0.25, -0.2) is 0 Å². The molecular formula is C20H39N3. The number of aryl methyl sites for hydroxylation is 1. The third kappa shape index (κ3) is 7.52. The number of aromatic nitrogens is 2. The van der Waals surface area contributed by atoms with Crippen LogP contribution in [0.1, 0.15) is 90.7 Å². The van der Waals surface area contributed by atoms with Gasteiger partial charge in [0, 0.05) is 19.3 Å². The summed E-state index contributed by atoms with van der Waals surface area (Å²) in [7, 11) is 0. The van der Waals surface area contributed by atoms with Gasteiger partial charge in [0.1, 0.15) is 0 Å². The second-order valence-electron chi connectivity index (χ2n) is 6.52. The SMILES string of the molecule is CC.CCCCCCCCN1CCC(n2cc(CC)cn2)CC1. The molecule has 1 aliphatic heterocycles. The van der Waals surface area contributed by atoms with Crippen LogP contribution in [0.25, 0.3) is 0 Å². The summed E-state index contributed by atoms with van der Waals surface area (Å²) in [5.74, 6) is 0. The van der Waals surface area contributed by atoms with Crippen molar-refractivity contribution in [1.82, 2.24) is 14.7 Å². The van der Waals surface area contributed by atoms with Crippen molar-refractivity contribution in [3.63, 3.8) is 0 Å². The standard InChI is InChI=1S/C18H33N3.C2H6/c1-3-5-6-7-8-9-12-20-13-10-18(11-14-20)21-16-17(4-2)15-19-21;1-2/h15-16,18H,3-14H2,1-2H3;1-2H3. The van der Waals surface area contributed by atoms with E-state index in [0.717, 1.165) is 6.42 Å². The Labute approximate surface area is 144 Å². The highest BCUT2D eigenvalue weighted by molar-refractivity contribution is 5.04. The molecule has 1 saturated heterocycles. The molecule has 3 heteroatoms. The maximum atomic E-state index is 4.54. The summed E-state index contributed by atoms with van der Waals surface area (Å²) in [5, 5.41) is 4.54. The maximum Gasteiger partial charge on any atom is 0.0543 e. The molecular weight excluding hydrogens is 282 g/mol. The number of nitrogens with zero attached hydrogens (tertiary/aromatic N) is 3. The lowest BCUT2D eigenvalue weighted by atomic mass is 10.0. The lowest BCUT2D eigenvalue weighted by Crippen LogP contribution is -2.35. The fourth-order valence-electron chi connectivity index (χ4n) is 3.28. The van der Waals surface area contributed by atoms with Crippen molar-refractivity contribution in [2.24, 2.45) is 0 Å². The highest BCUT2D eigenvalue weighted by atomic mass is 15.3. The van der Waals surface area contributed by atoms with Crippen LogP contribution in [0.15, 0.2) is 12.4 Å².